The number of nitrogens with one attached hydrogen (secondary N) is 1. The first-order valence-electron chi connectivity index (χ1n) is 7.22. The van der Waals surface area contributed by atoms with Crippen molar-refractivity contribution in [2.75, 3.05) is 19.7 Å². The van der Waals surface area contributed by atoms with Gasteiger partial charge in [0.25, 0.3) is 0 Å². The third-order valence-electron chi connectivity index (χ3n) is 2.94. The van der Waals surface area contributed by atoms with E-state index in [0.29, 0.717) is 18.3 Å². The van der Waals surface area contributed by atoms with Crippen LogP contribution in [0.5, 0.6) is 11.5 Å². The van der Waals surface area contributed by atoms with Crippen molar-refractivity contribution in [2.45, 2.75) is 33.1 Å². The van der Waals surface area contributed by atoms with E-state index in [1.807, 2.05) is 13.8 Å². The van der Waals surface area contributed by atoms with Gasteiger partial charge in [0, 0.05) is 12.5 Å². The molecule has 0 aliphatic carbocycles. The van der Waals surface area contributed by atoms with E-state index < -0.39 is 6.36 Å². The summed E-state index contributed by atoms with van der Waals surface area (Å²) in [5.74, 6) is 0.777. The standard InChI is InChI=1S/C13H16F3NO2.C2H6/c14-13(15,16)19-12-5-3-11(4-6-12)18-9-10-2-1-7-17-8-10;1-2/h3-6,10,17H,1-2,7-9H2;1-2H3. The van der Waals surface area contributed by atoms with Gasteiger partial charge >= 0.3 is 6.36 Å². The normalized spacial score (nSPS) is 18.4. The van der Waals surface area contributed by atoms with Crippen molar-refractivity contribution < 1.29 is 22.6 Å². The van der Waals surface area contributed by atoms with E-state index in [-0.39, 0.29) is 5.75 Å². The Morgan fingerprint density at radius 1 is 1.14 bits per heavy atom. The molecule has 1 atom stereocenters. The first-order valence-corrected chi connectivity index (χ1v) is 7.22. The van der Waals surface area contributed by atoms with Crippen LogP contribution in [-0.2, 0) is 0 Å². The van der Waals surface area contributed by atoms with Crippen molar-refractivity contribution in [1.82, 2.24) is 5.32 Å². The summed E-state index contributed by atoms with van der Waals surface area (Å²) in [6.45, 7) is 6.54. The number of hydrogen-bond acceptors (Lipinski definition) is 3. The third-order valence-corrected chi connectivity index (χ3v) is 2.94. The van der Waals surface area contributed by atoms with Crippen LogP contribution in [0.25, 0.3) is 0 Å². The molecule has 21 heavy (non-hydrogen) atoms. The molecular weight excluding hydrogens is 283 g/mol. The van der Waals surface area contributed by atoms with Gasteiger partial charge in [-0.3, -0.25) is 0 Å². The largest absolute Gasteiger partial charge is 0.573 e. The summed E-state index contributed by atoms with van der Waals surface area (Å²) in [7, 11) is 0. The molecule has 1 unspecified atom stereocenters. The molecule has 0 aromatic heterocycles. The Labute approximate surface area is 123 Å². The minimum Gasteiger partial charge on any atom is -0.493 e. The van der Waals surface area contributed by atoms with Crippen LogP contribution in [0.4, 0.5) is 13.2 Å². The van der Waals surface area contributed by atoms with E-state index in [0.717, 1.165) is 25.9 Å². The number of halogens is 3. The van der Waals surface area contributed by atoms with E-state index in [4.69, 9.17) is 4.74 Å². The van der Waals surface area contributed by atoms with Crippen LogP contribution in [0.3, 0.4) is 0 Å². The van der Waals surface area contributed by atoms with E-state index in [1.54, 1.807) is 0 Å². The second-order valence-electron chi connectivity index (χ2n) is 4.54. The molecule has 1 aliphatic rings. The smallest absolute Gasteiger partial charge is 0.493 e. The number of rotatable bonds is 4. The zero-order valence-electron chi connectivity index (χ0n) is 12.4. The summed E-state index contributed by atoms with van der Waals surface area (Å²) in [4.78, 5) is 0. The lowest BCUT2D eigenvalue weighted by molar-refractivity contribution is -0.274. The van der Waals surface area contributed by atoms with Gasteiger partial charge in [-0.1, -0.05) is 13.8 Å². The number of benzene rings is 1. The van der Waals surface area contributed by atoms with Gasteiger partial charge in [0.2, 0.25) is 0 Å². The van der Waals surface area contributed by atoms with Gasteiger partial charge in [-0.2, -0.15) is 0 Å². The minimum atomic E-state index is -4.66. The first-order chi connectivity index (χ1) is 10.0. The van der Waals surface area contributed by atoms with Crippen molar-refractivity contribution >= 4 is 0 Å². The van der Waals surface area contributed by atoms with E-state index in [1.165, 1.54) is 24.3 Å². The molecule has 0 saturated carbocycles. The Morgan fingerprint density at radius 2 is 1.76 bits per heavy atom. The van der Waals surface area contributed by atoms with Gasteiger partial charge in [0.15, 0.2) is 0 Å². The Morgan fingerprint density at radius 3 is 2.29 bits per heavy atom. The molecule has 1 aromatic rings. The van der Waals surface area contributed by atoms with Crippen LogP contribution < -0.4 is 14.8 Å². The molecule has 0 amide bonds. The summed E-state index contributed by atoms with van der Waals surface area (Å²) in [5.41, 5.74) is 0. The zero-order valence-corrected chi connectivity index (χ0v) is 12.4. The van der Waals surface area contributed by atoms with Crippen LogP contribution >= 0.6 is 0 Å². The highest BCUT2D eigenvalue weighted by Gasteiger charge is 2.30. The lowest BCUT2D eigenvalue weighted by Crippen LogP contribution is -2.33. The molecule has 1 N–H and O–H groups in total. The highest BCUT2D eigenvalue weighted by Crippen LogP contribution is 2.25. The molecule has 120 valence electrons. The molecule has 1 saturated heterocycles. The number of ether oxygens (including phenoxy) is 2. The van der Waals surface area contributed by atoms with Crippen LogP contribution in [0.2, 0.25) is 0 Å². The Balaban J connectivity index is 0.00000106. The highest BCUT2D eigenvalue weighted by molar-refractivity contribution is 5.31. The summed E-state index contributed by atoms with van der Waals surface area (Å²) < 4.78 is 45.3. The van der Waals surface area contributed by atoms with Crippen LogP contribution in [0.15, 0.2) is 24.3 Å². The van der Waals surface area contributed by atoms with Gasteiger partial charge in [-0.05, 0) is 43.7 Å². The van der Waals surface area contributed by atoms with Crippen molar-refractivity contribution in [3.8, 4) is 11.5 Å². The maximum Gasteiger partial charge on any atom is 0.573 e. The number of piperidine rings is 1. The average Bonchev–Trinajstić information content (AvgIpc) is 2.48. The lowest BCUT2D eigenvalue weighted by atomic mass is 10.0. The van der Waals surface area contributed by atoms with Gasteiger partial charge in [-0.25, -0.2) is 0 Å². The van der Waals surface area contributed by atoms with Gasteiger partial charge in [0.1, 0.15) is 11.5 Å². The van der Waals surface area contributed by atoms with Gasteiger partial charge in [-0.15, -0.1) is 13.2 Å². The third kappa shape index (κ3) is 7.22. The SMILES string of the molecule is CC.FC(F)(F)Oc1ccc(OCC2CCCNC2)cc1. The summed E-state index contributed by atoms with van der Waals surface area (Å²) >= 11 is 0. The Kier molecular flexibility index (Phi) is 7.36. The molecule has 1 fully saturated rings. The lowest BCUT2D eigenvalue weighted by Gasteiger charge is -2.22. The number of alkyl halides is 3. The summed E-state index contributed by atoms with van der Waals surface area (Å²) in [6.07, 6.45) is -2.41. The topological polar surface area (TPSA) is 30.5 Å². The predicted octanol–water partition coefficient (Wildman–Crippen LogP) is 3.99. The molecule has 0 spiro atoms. The highest BCUT2D eigenvalue weighted by atomic mass is 19.4. The summed E-state index contributed by atoms with van der Waals surface area (Å²) in [5, 5.41) is 3.28. The predicted molar refractivity (Wildman–Crippen MR) is 75.6 cm³/mol. The van der Waals surface area contributed by atoms with Gasteiger partial charge < -0.3 is 14.8 Å². The van der Waals surface area contributed by atoms with Crippen LogP contribution in [0.1, 0.15) is 26.7 Å². The second kappa shape index (κ2) is 8.77. The maximum atomic E-state index is 12.0. The fourth-order valence-corrected chi connectivity index (χ4v) is 2.02. The van der Waals surface area contributed by atoms with E-state index in [2.05, 4.69) is 10.1 Å². The minimum absolute atomic E-state index is 0.237. The van der Waals surface area contributed by atoms with Crippen LogP contribution in [-0.4, -0.2) is 26.1 Å². The van der Waals surface area contributed by atoms with Crippen molar-refractivity contribution in [2.24, 2.45) is 5.92 Å². The van der Waals surface area contributed by atoms with Crippen molar-refractivity contribution in [1.29, 1.82) is 0 Å². The maximum absolute atomic E-state index is 12.0. The molecule has 1 aliphatic heterocycles. The average molecular weight is 305 g/mol. The van der Waals surface area contributed by atoms with Crippen molar-refractivity contribution in [3.05, 3.63) is 24.3 Å². The molecule has 1 heterocycles. The fourth-order valence-electron chi connectivity index (χ4n) is 2.02. The molecule has 6 heteroatoms. The molecule has 1 aromatic carbocycles. The van der Waals surface area contributed by atoms with Crippen LogP contribution in [0, 0.1) is 5.92 Å². The zero-order chi connectivity index (χ0) is 15.7. The van der Waals surface area contributed by atoms with Gasteiger partial charge in [0.05, 0.1) is 6.61 Å². The second-order valence-corrected chi connectivity index (χ2v) is 4.54. The summed E-state index contributed by atoms with van der Waals surface area (Å²) in [6, 6.07) is 5.47. The van der Waals surface area contributed by atoms with E-state index >= 15 is 0 Å². The molecule has 0 radical (unpaired) electrons. The molecule has 0 bridgehead atoms. The Hall–Kier alpha value is -1.43. The molecular formula is C15H22F3NO2. The first kappa shape index (κ1) is 17.6. The molecule has 2 rings (SSSR count). The Bertz CT molecular complexity index is 387. The number of hydrogen-bond donors (Lipinski definition) is 1. The monoisotopic (exact) mass is 305 g/mol. The quantitative estimate of drug-likeness (QED) is 0.912. The molecule has 3 nitrogen and oxygen atoms in total. The fraction of sp³-hybridized carbons (Fsp3) is 0.600. The van der Waals surface area contributed by atoms with E-state index in [9.17, 15) is 13.2 Å². The van der Waals surface area contributed by atoms with Crippen molar-refractivity contribution in [3.63, 3.8) is 0 Å².